The van der Waals surface area contributed by atoms with Crippen LogP contribution in [0.4, 0.5) is 0 Å². The third-order valence-electron chi connectivity index (χ3n) is 3.26. The average molecular weight is 237 g/mol. The van der Waals surface area contributed by atoms with Crippen LogP contribution in [-0.2, 0) is 0 Å². The number of hydrogen-bond acceptors (Lipinski definition) is 3. The topological polar surface area (TPSA) is 35.2 Å². The van der Waals surface area contributed by atoms with Gasteiger partial charge in [0.25, 0.3) is 0 Å². The van der Waals surface area contributed by atoms with Crippen molar-refractivity contribution in [3.05, 3.63) is 24.3 Å². The standard InChI is InChI=1S/C13H19NOS/c1-3-9(2)13(14)11-8-16-12-7-5-4-6-10(12)15-11/h4-7,9,11,13H,3,8,14H2,1-2H3. The van der Waals surface area contributed by atoms with Crippen LogP contribution in [0.25, 0.3) is 0 Å². The maximum Gasteiger partial charge on any atom is 0.133 e. The Balaban J connectivity index is 2.08. The minimum Gasteiger partial charge on any atom is -0.487 e. The zero-order valence-corrected chi connectivity index (χ0v) is 10.7. The number of rotatable bonds is 3. The van der Waals surface area contributed by atoms with Crippen molar-refractivity contribution in [2.24, 2.45) is 11.7 Å². The highest BCUT2D eigenvalue weighted by molar-refractivity contribution is 7.99. The lowest BCUT2D eigenvalue weighted by molar-refractivity contribution is 0.157. The summed E-state index contributed by atoms with van der Waals surface area (Å²) in [6.07, 6.45) is 1.25. The summed E-state index contributed by atoms with van der Waals surface area (Å²) >= 11 is 1.85. The normalized spacial score (nSPS) is 23.1. The Kier molecular flexibility index (Phi) is 3.77. The molecule has 1 aromatic carbocycles. The van der Waals surface area contributed by atoms with Crippen LogP contribution in [0.3, 0.4) is 0 Å². The molecule has 0 aliphatic carbocycles. The van der Waals surface area contributed by atoms with Crippen LogP contribution in [0, 0.1) is 5.92 Å². The Bertz CT molecular complexity index is 356. The summed E-state index contributed by atoms with van der Waals surface area (Å²) in [5, 5.41) is 0. The van der Waals surface area contributed by atoms with Crippen molar-refractivity contribution < 1.29 is 4.74 Å². The molecule has 3 heteroatoms. The van der Waals surface area contributed by atoms with Gasteiger partial charge in [0.1, 0.15) is 11.9 Å². The molecule has 1 aromatic rings. The predicted octanol–water partition coefficient (Wildman–Crippen LogP) is 2.91. The van der Waals surface area contributed by atoms with E-state index in [4.69, 9.17) is 10.5 Å². The zero-order valence-electron chi connectivity index (χ0n) is 9.85. The van der Waals surface area contributed by atoms with Gasteiger partial charge in [-0.15, -0.1) is 11.8 Å². The third kappa shape index (κ3) is 2.36. The molecule has 3 unspecified atom stereocenters. The molecule has 0 amide bonds. The fourth-order valence-corrected chi connectivity index (χ4v) is 2.93. The molecule has 1 aliphatic rings. The summed E-state index contributed by atoms with van der Waals surface area (Å²) in [5.74, 6) is 2.46. The van der Waals surface area contributed by atoms with E-state index < -0.39 is 0 Å². The van der Waals surface area contributed by atoms with Gasteiger partial charge in [0.05, 0.1) is 0 Å². The first-order valence-electron chi connectivity index (χ1n) is 5.86. The molecule has 2 N–H and O–H groups in total. The van der Waals surface area contributed by atoms with Crippen LogP contribution in [-0.4, -0.2) is 17.9 Å². The quantitative estimate of drug-likeness (QED) is 0.878. The molecule has 16 heavy (non-hydrogen) atoms. The first kappa shape index (κ1) is 11.8. The van der Waals surface area contributed by atoms with E-state index in [9.17, 15) is 0 Å². The number of benzene rings is 1. The summed E-state index contributed by atoms with van der Waals surface area (Å²) in [5.41, 5.74) is 6.22. The van der Waals surface area contributed by atoms with Crippen molar-refractivity contribution in [3.63, 3.8) is 0 Å². The van der Waals surface area contributed by atoms with Crippen LogP contribution in [0.2, 0.25) is 0 Å². The molecule has 0 saturated heterocycles. The van der Waals surface area contributed by atoms with Crippen molar-refractivity contribution in [2.45, 2.75) is 37.3 Å². The van der Waals surface area contributed by atoms with E-state index in [0.717, 1.165) is 17.9 Å². The van der Waals surface area contributed by atoms with Gasteiger partial charge in [0.2, 0.25) is 0 Å². The molecule has 0 spiro atoms. The maximum atomic E-state index is 6.22. The van der Waals surface area contributed by atoms with Crippen LogP contribution in [0.1, 0.15) is 20.3 Å². The summed E-state index contributed by atoms with van der Waals surface area (Å²) in [6, 6.07) is 8.31. The highest BCUT2D eigenvalue weighted by atomic mass is 32.2. The van der Waals surface area contributed by atoms with E-state index in [1.165, 1.54) is 4.90 Å². The van der Waals surface area contributed by atoms with E-state index >= 15 is 0 Å². The Morgan fingerprint density at radius 2 is 2.25 bits per heavy atom. The Labute approximate surface area is 102 Å². The van der Waals surface area contributed by atoms with Gasteiger partial charge < -0.3 is 10.5 Å². The Hall–Kier alpha value is -0.670. The minimum absolute atomic E-state index is 0.130. The fraction of sp³-hybridized carbons (Fsp3) is 0.538. The summed E-state index contributed by atoms with van der Waals surface area (Å²) in [6.45, 7) is 4.37. The number of nitrogens with two attached hydrogens (primary N) is 1. The van der Waals surface area contributed by atoms with Crippen LogP contribution >= 0.6 is 11.8 Å². The first-order chi connectivity index (χ1) is 7.72. The molecule has 1 aliphatic heterocycles. The highest BCUT2D eigenvalue weighted by Crippen LogP contribution is 2.36. The zero-order chi connectivity index (χ0) is 11.5. The number of hydrogen-bond donors (Lipinski definition) is 1. The minimum atomic E-state index is 0.130. The molecule has 88 valence electrons. The smallest absolute Gasteiger partial charge is 0.133 e. The Morgan fingerprint density at radius 3 is 3.00 bits per heavy atom. The summed E-state index contributed by atoms with van der Waals surface area (Å²) in [7, 11) is 0. The van der Waals surface area contributed by atoms with E-state index in [0.29, 0.717) is 5.92 Å². The van der Waals surface area contributed by atoms with E-state index in [1.807, 2.05) is 30.0 Å². The maximum absolute atomic E-state index is 6.22. The number of para-hydroxylation sites is 1. The lowest BCUT2D eigenvalue weighted by atomic mass is 9.96. The van der Waals surface area contributed by atoms with Gasteiger partial charge in [-0.05, 0) is 18.1 Å². The number of fused-ring (bicyclic) bond motifs is 1. The van der Waals surface area contributed by atoms with Gasteiger partial charge in [-0.2, -0.15) is 0 Å². The van der Waals surface area contributed by atoms with E-state index in [2.05, 4.69) is 19.9 Å². The van der Waals surface area contributed by atoms with Gasteiger partial charge in [0, 0.05) is 16.7 Å². The highest BCUT2D eigenvalue weighted by Gasteiger charge is 2.28. The summed E-state index contributed by atoms with van der Waals surface area (Å²) in [4.78, 5) is 1.23. The molecule has 3 atom stereocenters. The first-order valence-corrected chi connectivity index (χ1v) is 6.85. The largest absolute Gasteiger partial charge is 0.487 e. The van der Waals surface area contributed by atoms with E-state index in [-0.39, 0.29) is 12.1 Å². The van der Waals surface area contributed by atoms with Gasteiger partial charge in [0.15, 0.2) is 0 Å². The molecule has 2 rings (SSSR count). The molecular formula is C13H19NOS. The second-order valence-corrected chi connectivity index (χ2v) is 5.44. The number of thioether (sulfide) groups is 1. The predicted molar refractivity (Wildman–Crippen MR) is 69.0 cm³/mol. The van der Waals surface area contributed by atoms with Crippen molar-refractivity contribution >= 4 is 11.8 Å². The SMILES string of the molecule is CCC(C)C(N)C1CSc2ccccc2O1. The van der Waals surface area contributed by atoms with Crippen LogP contribution in [0.15, 0.2) is 29.2 Å². The average Bonchev–Trinajstić information content (AvgIpc) is 2.36. The van der Waals surface area contributed by atoms with Gasteiger partial charge in [-0.25, -0.2) is 0 Å². The lowest BCUT2D eigenvalue weighted by Gasteiger charge is -2.32. The van der Waals surface area contributed by atoms with Gasteiger partial charge in [-0.1, -0.05) is 32.4 Å². The van der Waals surface area contributed by atoms with Crippen LogP contribution < -0.4 is 10.5 Å². The van der Waals surface area contributed by atoms with E-state index in [1.54, 1.807) is 0 Å². The molecule has 0 radical (unpaired) electrons. The Morgan fingerprint density at radius 1 is 1.50 bits per heavy atom. The third-order valence-corrected chi connectivity index (χ3v) is 4.40. The second-order valence-electron chi connectivity index (χ2n) is 4.38. The molecule has 1 heterocycles. The van der Waals surface area contributed by atoms with Crippen molar-refractivity contribution in [1.29, 1.82) is 0 Å². The number of ether oxygens (including phenoxy) is 1. The van der Waals surface area contributed by atoms with Gasteiger partial charge >= 0.3 is 0 Å². The fourth-order valence-electron chi connectivity index (χ4n) is 1.86. The van der Waals surface area contributed by atoms with Crippen molar-refractivity contribution in [2.75, 3.05) is 5.75 Å². The summed E-state index contributed by atoms with van der Waals surface area (Å²) < 4.78 is 5.97. The molecule has 0 aromatic heterocycles. The molecule has 0 bridgehead atoms. The monoisotopic (exact) mass is 237 g/mol. The van der Waals surface area contributed by atoms with Crippen molar-refractivity contribution in [1.82, 2.24) is 0 Å². The van der Waals surface area contributed by atoms with Crippen LogP contribution in [0.5, 0.6) is 5.75 Å². The second kappa shape index (κ2) is 5.11. The molecule has 2 nitrogen and oxygen atoms in total. The molecule has 0 fully saturated rings. The van der Waals surface area contributed by atoms with Gasteiger partial charge in [-0.3, -0.25) is 0 Å². The molecular weight excluding hydrogens is 218 g/mol. The lowest BCUT2D eigenvalue weighted by Crippen LogP contribution is -2.46. The molecule has 0 saturated carbocycles. The van der Waals surface area contributed by atoms with Crippen molar-refractivity contribution in [3.8, 4) is 5.75 Å².